The van der Waals surface area contributed by atoms with Crippen molar-refractivity contribution in [1.82, 2.24) is 14.8 Å². The molecule has 0 radical (unpaired) electrons. The van der Waals surface area contributed by atoms with E-state index in [1.165, 1.54) is 0 Å². The molecule has 0 fully saturated rings. The quantitative estimate of drug-likeness (QED) is 0.715. The van der Waals surface area contributed by atoms with Gasteiger partial charge in [-0.1, -0.05) is 15.9 Å². The molecule has 0 bridgehead atoms. The van der Waals surface area contributed by atoms with Crippen molar-refractivity contribution in [2.24, 2.45) is 7.05 Å². The molecule has 3 rings (SSSR count). The van der Waals surface area contributed by atoms with Crippen molar-refractivity contribution in [3.05, 3.63) is 46.9 Å². The Labute approximate surface area is 148 Å². The van der Waals surface area contributed by atoms with Crippen molar-refractivity contribution in [2.75, 3.05) is 19.5 Å². The Morgan fingerprint density at radius 3 is 2.42 bits per heavy atom. The first-order valence-corrected chi connectivity index (χ1v) is 8.06. The van der Waals surface area contributed by atoms with Gasteiger partial charge in [-0.3, -0.25) is 4.57 Å². The topological polar surface area (TPSA) is 61.2 Å². The van der Waals surface area contributed by atoms with Crippen LogP contribution in [0.15, 0.2) is 46.9 Å². The number of benzene rings is 2. The van der Waals surface area contributed by atoms with E-state index < -0.39 is 0 Å². The van der Waals surface area contributed by atoms with Gasteiger partial charge in [-0.25, -0.2) is 0 Å². The molecular weight excluding hydrogens is 372 g/mol. The molecular formula is C17H17BrN4O2. The Morgan fingerprint density at radius 2 is 1.75 bits per heavy atom. The van der Waals surface area contributed by atoms with E-state index >= 15 is 0 Å². The van der Waals surface area contributed by atoms with Crippen LogP contribution in [0, 0.1) is 0 Å². The van der Waals surface area contributed by atoms with Gasteiger partial charge in [0, 0.05) is 17.2 Å². The zero-order valence-electron chi connectivity index (χ0n) is 13.6. The summed E-state index contributed by atoms with van der Waals surface area (Å²) >= 11 is 3.44. The number of rotatable bonds is 5. The summed E-state index contributed by atoms with van der Waals surface area (Å²) in [5.41, 5.74) is 1.78. The highest BCUT2D eigenvalue weighted by molar-refractivity contribution is 9.10. The third kappa shape index (κ3) is 3.21. The molecule has 0 aliphatic heterocycles. The third-order valence-electron chi connectivity index (χ3n) is 3.63. The molecule has 124 valence electrons. The summed E-state index contributed by atoms with van der Waals surface area (Å²) in [6.45, 7) is 0. The molecule has 0 spiro atoms. The summed E-state index contributed by atoms with van der Waals surface area (Å²) in [6.07, 6.45) is 0. The van der Waals surface area contributed by atoms with Crippen LogP contribution in [0.1, 0.15) is 0 Å². The largest absolute Gasteiger partial charge is 0.497 e. The Bertz CT molecular complexity index is 846. The van der Waals surface area contributed by atoms with E-state index in [0.29, 0.717) is 5.95 Å². The maximum atomic E-state index is 5.44. The van der Waals surface area contributed by atoms with Gasteiger partial charge in [0.1, 0.15) is 11.5 Å². The first kappa shape index (κ1) is 16.3. The molecule has 0 amide bonds. The fraction of sp³-hybridized carbons (Fsp3) is 0.176. The zero-order valence-corrected chi connectivity index (χ0v) is 15.2. The molecule has 1 aromatic heterocycles. The normalized spacial score (nSPS) is 10.5. The van der Waals surface area contributed by atoms with E-state index in [0.717, 1.165) is 33.0 Å². The number of nitrogens with one attached hydrogen (secondary N) is 1. The second kappa shape index (κ2) is 6.92. The van der Waals surface area contributed by atoms with Gasteiger partial charge in [-0.15, -0.1) is 10.2 Å². The molecule has 0 aliphatic rings. The average Bonchev–Trinajstić information content (AvgIpc) is 2.96. The van der Waals surface area contributed by atoms with Gasteiger partial charge in [-0.05, 0) is 42.5 Å². The van der Waals surface area contributed by atoms with Crippen molar-refractivity contribution in [2.45, 2.75) is 0 Å². The van der Waals surface area contributed by atoms with Gasteiger partial charge in [0.05, 0.1) is 19.8 Å². The monoisotopic (exact) mass is 388 g/mol. The Kier molecular flexibility index (Phi) is 4.71. The lowest BCUT2D eigenvalue weighted by Gasteiger charge is -2.10. The van der Waals surface area contributed by atoms with Crippen LogP contribution in [0.2, 0.25) is 0 Å². The van der Waals surface area contributed by atoms with Gasteiger partial charge in [0.15, 0.2) is 5.82 Å². The molecule has 2 aromatic carbocycles. The maximum Gasteiger partial charge on any atom is 0.229 e. The minimum Gasteiger partial charge on any atom is -0.497 e. The lowest BCUT2D eigenvalue weighted by atomic mass is 10.2. The first-order valence-electron chi connectivity index (χ1n) is 7.26. The average molecular weight is 389 g/mol. The van der Waals surface area contributed by atoms with Crippen LogP contribution in [0.4, 0.5) is 11.6 Å². The molecule has 24 heavy (non-hydrogen) atoms. The number of ether oxygens (including phenoxy) is 2. The Balaban J connectivity index is 1.91. The molecule has 0 aliphatic carbocycles. The zero-order chi connectivity index (χ0) is 17.1. The molecule has 6 nitrogen and oxygen atoms in total. The van der Waals surface area contributed by atoms with Crippen LogP contribution in [-0.2, 0) is 7.05 Å². The highest BCUT2D eigenvalue weighted by Crippen LogP contribution is 2.32. The van der Waals surface area contributed by atoms with Crippen LogP contribution in [0.3, 0.4) is 0 Å². The van der Waals surface area contributed by atoms with Gasteiger partial charge >= 0.3 is 0 Å². The second-order valence-corrected chi connectivity index (χ2v) is 6.02. The summed E-state index contributed by atoms with van der Waals surface area (Å²) < 4.78 is 13.4. The first-order chi connectivity index (χ1) is 11.6. The van der Waals surface area contributed by atoms with Crippen molar-refractivity contribution in [3.63, 3.8) is 0 Å². The van der Waals surface area contributed by atoms with Crippen LogP contribution < -0.4 is 14.8 Å². The van der Waals surface area contributed by atoms with Crippen molar-refractivity contribution >= 4 is 27.6 Å². The highest BCUT2D eigenvalue weighted by atomic mass is 79.9. The van der Waals surface area contributed by atoms with Crippen LogP contribution in [-0.4, -0.2) is 29.0 Å². The molecule has 7 heteroatoms. The van der Waals surface area contributed by atoms with Crippen molar-refractivity contribution in [3.8, 4) is 22.9 Å². The number of nitrogens with zero attached hydrogens (tertiary/aromatic N) is 3. The molecule has 3 aromatic rings. The number of anilines is 2. The highest BCUT2D eigenvalue weighted by Gasteiger charge is 2.15. The number of halogens is 1. The van der Waals surface area contributed by atoms with Crippen LogP contribution >= 0.6 is 15.9 Å². The van der Waals surface area contributed by atoms with E-state index in [2.05, 4.69) is 31.4 Å². The molecule has 1 heterocycles. The van der Waals surface area contributed by atoms with Crippen LogP contribution in [0.25, 0.3) is 11.4 Å². The number of hydrogen-bond acceptors (Lipinski definition) is 5. The summed E-state index contributed by atoms with van der Waals surface area (Å²) in [6, 6.07) is 13.4. The van der Waals surface area contributed by atoms with Crippen LogP contribution in [0.5, 0.6) is 11.5 Å². The summed E-state index contributed by atoms with van der Waals surface area (Å²) in [7, 11) is 5.18. The van der Waals surface area contributed by atoms with E-state index in [4.69, 9.17) is 9.47 Å². The second-order valence-electron chi connectivity index (χ2n) is 5.10. The predicted octanol–water partition coefficient (Wildman–Crippen LogP) is 4.01. The molecule has 0 unspecified atom stereocenters. The minimum atomic E-state index is 0.639. The fourth-order valence-electron chi connectivity index (χ4n) is 2.33. The van der Waals surface area contributed by atoms with E-state index in [-0.39, 0.29) is 0 Å². The smallest absolute Gasteiger partial charge is 0.229 e. The van der Waals surface area contributed by atoms with Gasteiger partial charge in [-0.2, -0.15) is 0 Å². The fourth-order valence-corrected chi connectivity index (χ4v) is 2.67. The standard InChI is InChI=1S/C17H17BrN4O2/c1-22-16(14-9-4-11(18)10-15(14)24-3)20-21-17(22)19-12-5-7-13(23-2)8-6-12/h4-10H,1-3H3,(H,19,21). The van der Waals surface area contributed by atoms with Gasteiger partial charge in [0.25, 0.3) is 0 Å². The Hall–Kier alpha value is -2.54. The third-order valence-corrected chi connectivity index (χ3v) is 4.12. The van der Waals surface area contributed by atoms with E-state index in [9.17, 15) is 0 Å². The van der Waals surface area contributed by atoms with Crippen molar-refractivity contribution < 1.29 is 9.47 Å². The van der Waals surface area contributed by atoms with Gasteiger partial charge < -0.3 is 14.8 Å². The summed E-state index contributed by atoms with van der Waals surface area (Å²) in [4.78, 5) is 0. The lowest BCUT2D eigenvalue weighted by Crippen LogP contribution is -2.01. The van der Waals surface area contributed by atoms with E-state index in [1.807, 2.05) is 54.1 Å². The summed E-state index contributed by atoms with van der Waals surface area (Å²) in [5, 5.41) is 11.8. The van der Waals surface area contributed by atoms with Gasteiger partial charge in [0.2, 0.25) is 5.95 Å². The Morgan fingerprint density at radius 1 is 1.00 bits per heavy atom. The molecule has 0 atom stereocenters. The van der Waals surface area contributed by atoms with Crippen molar-refractivity contribution in [1.29, 1.82) is 0 Å². The number of aromatic nitrogens is 3. The predicted molar refractivity (Wildman–Crippen MR) is 97.0 cm³/mol. The minimum absolute atomic E-state index is 0.639. The molecule has 1 N–H and O–H groups in total. The van der Waals surface area contributed by atoms with E-state index in [1.54, 1.807) is 14.2 Å². The SMILES string of the molecule is COc1ccc(Nc2nnc(-c3ccc(Br)cc3OC)n2C)cc1. The lowest BCUT2D eigenvalue weighted by molar-refractivity contribution is 0.415. The summed E-state index contributed by atoms with van der Waals surface area (Å²) in [5.74, 6) is 2.89. The number of methoxy groups -OCH3 is 2. The molecule has 0 saturated carbocycles. The number of hydrogen-bond donors (Lipinski definition) is 1. The molecule has 0 saturated heterocycles. The maximum absolute atomic E-state index is 5.44.